The van der Waals surface area contributed by atoms with Gasteiger partial charge in [-0.1, -0.05) is 0 Å². The van der Waals surface area contributed by atoms with Gasteiger partial charge in [-0.25, -0.2) is 0 Å². The first kappa shape index (κ1) is 18.0. The molecule has 1 aliphatic carbocycles. The van der Waals surface area contributed by atoms with Gasteiger partial charge in [0.15, 0.2) is 6.29 Å². The Morgan fingerprint density at radius 2 is 1.45 bits per heavy atom. The number of hydrogen-bond donors (Lipinski definition) is 6. The second-order valence-electron chi connectivity index (χ2n) is 6.20. The maximum Gasteiger partial charge on any atom is 0.161 e. The Morgan fingerprint density at radius 1 is 0.909 bits per heavy atom. The molecule has 1 aliphatic heterocycles. The van der Waals surface area contributed by atoms with Crippen molar-refractivity contribution in [3.05, 3.63) is 0 Å². The molecule has 0 amide bonds. The van der Waals surface area contributed by atoms with Crippen LogP contribution in [0.3, 0.4) is 0 Å². The van der Waals surface area contributed by atoms with Crippen LogP contribution in [-0.2, 0) is 9.47 Å². The summed E-state index contributed by atoms with van der Waals surface area (Å²) in [7, 11) is 3.25. The molecule has 1 heterocycles. The fraction of sp³-hybridized carbons (Fsp3) is 1.00. The zero-order valence-electron chi connectivity index (χ0n) is 13.2. The van der Waals surface area contributed by atoms with E-state index in [1.807, 2.05) is 6.92 Å². The van der Waals surface area contributed by atoms with Gasteiger partial charge in [-0.3, -0.25) is 0 Å². The summed E-state index contributed by atoms with van der Waals surface area (Å²) in [6.07, 6.45) is -4.65. The first-order chi connectivity index (χ1) is 10.4. The largest absolute Gasteiger partial charge is 0.393 e. The van der Waals surface area contributed by atoms with E-state index in [-0.39, 0.29) is 12.5 Å². The third-order valence-electron chi connectivity index (χ3n) is 4.57. The lowest BCUT2D eigenvalue weighted by molar-refractivity contribution is -0.272. The molecule has 0 bridgehead atoms. The average Bonchev–Trinajstić information content (AvgIpc) is 2.43. The SMILES string of the molecule is CN[C@@H]1C(O)[C@@H](NC)[C@H](O)C(O[C@@H]2C[C@@H](O)C[C@H](C)O2)[C@H]1O. The van der Waals surface area contributed by atoms with Crippen LogP contribution in [0.25, 0.3) is 0 Å². The molecule has 2 rings (SSSR count). The van der Waals surface area contributed by atoms with Crippen LogP contribution in [0.1, 0.15) is 19.8 Å². The van der Waals surface area contributed by atoms with E-state index in [0.29, 0.717) is 6.42 Å². The molecule has 8 heteroatoms. The molecule has 1 saturated heterocycles. The smallest absolute Gasteiger partial charge is 0.161 e. The van der Waals surface area contributed by atoms with Gasteiger partial charge in [-0.15, -0.1) is 0 Å². The normalized spacial score (nSPS) is 50.0. The summed E-state index contributed by atoms with van der Waals surface area (Å²) in [6, 6.07) is -1.28. The van der Waals surface area contributed by atoms with Crippen LogP contribution < -0.4 is 10.6 Å². The molecule has 0 radical (unpaired) electrons. The molecule has 7 atom stereocenters. The molecule has 0 spiro atoms. The predicted molar refractivity (Wildman–Crippen MR) is 78.2 cm³/mol. The molecule has 0 aromatic heterocycles. The molecule has 2 aliphatic rings. The van der Waals surface area contributed by atoms with Gasteiger partial charge in [0.2, 0.25) is 0 Å². The summed E-state index contributed by atoms with van der Waals surface area (Å²) in [4.78, 5) is 0. The molecule has 6 N–H and O–H groups in total. The van der Waals surface area contributed by atoms with E-state index in [1.54, 1.807) is 14.1 Å². The summed E-state index contributed by atoms with van der Waals surface area (Å²) >= 11 is 0. The molecular formula is C14H28N2O6. The van der Waals surface area contributed by atoms with Crippen LogP contribution in [0.15, 0.2) is 0 Å². The molecule has 130 valence electrons. The highest BCUT2D eigenvalue weighted by atomic mass is 16.7. The third-order valence-corrected chi connectivity index (χ3v) is 4.57. The highest BCUT2D eigenvalue weighted by Crippen LogP contribution is 2.28. The second kappa shape index (κ2) is 7.50. The van der Waals surface area contributed by atoms with Crippen molar-refractivity contribution >= 4 is 0 Å². The number of hydrogen-bond acceptors (Lipinski definition) is 8. The third kappa shape index (κ3) is 3.60. The van der Waals surface area contributed by atoms with E-state index in [9.17, 15) is 20.4 Å². The van der Waals surface area contributed by atoms with Gasteiger partial charge >= 0.3 is 0 Å². The minimum atomic E-state index is -1.10. The van der Waals surface area contributed by atoms with Gasteiger partial charge in [0.05, 0.1) is 30.4 Å². The summed E-state index contributed by atoms with van der Waals surface area (Å²) in [6.45, 7) is 1.84. The van der Waals surface area contributed by atoms with E-state index in [2.05, 4.69) is 10.6 Å². The number of aliphatic hydroxyl groups excluding tert-OH is 4. The van der Waals surface area contributed by atoms with Gasteiger partial charge in [0, 0.05) is 6.42 Å². The lowest BCUT2D eigenvalue weighted by atomic mass is 9.81. The van der Waals surface area contributed by atoms with Crippen LogP contribution in [0.2, 0.25) is 0 Å². The summed E-state index contributed by atoms with van der Waals surface area (Å²) in [5.74, 6) is 0. The number of ether oxygens (including phenoxy) is 2. The van der Waals surface area contributed by atoms with Crippen LogP contribution in [0, 0.1) is 0 Å². The maximum absolute atomic E-state index is 10.4. The summed E-state index contributed by atoms with van der Waals surface area (Å²) < 4.78 is 11.3. The maximum atomic E-state index is 10.4. The minimum Gasteiger partial charge on any atom is -0.393 e. The first-order valence-corrected chi connectivity index (χ1v) is 7.76. The van der Waals surface area contributed by atoms with Crippen molar-refractivity contribution in [1.82, 2.24) is 10.6 Å². The number of nitrogens with one attached hydrogen (secondary N) is 2. The van der Waals surface area contributed by atoms with Crippen LogP contribution in [0.5, 0.6) is 0 Å². The second-order valence-corrected chi connectivity index (χ2v) is 6.20. The molecular weight excluding hydrogens is 292 g/mol. The standard InChI is InChI=1S/C14H28N2O6/c1-6-4-7(17)5-8(21-6)22-14-12(19)9(15-2)11(18)10(16-3)13(14)20/h6-20H,4-5H2,1-3H3/t6-,7-,8+,9+,10+,11?,12-,13-,14?/m0/s1. The van der Waals surface area contributed by atoms with E-state index in [4.69, 9.17) is 9.47 Å². The van der Waals surface area contributed by atoms with E-state index >= 15 is 0 Å². The molecule has 1 saturated carbocycles. The Balaban J connectivity index is 2.10. The topological polar surface area (TPSA) is 123 Å². The van der Waals surface area contributed by atoms with E-state index in [1.165, 1.54) is 0 Å². The number of likely N-dealkylation sites (N-methyl/N-ethyl adjacent to an activating group) is 2. The Kier molecular flexibility index (Phi) is 6.14. The molecule has 0 aromatic carbocycles. The van der Waals surface area contributed by atoms with Gasteiger partial charge in [0.1, 0.15) is 18.3 Å². The summed E-state index contributed by atoms with van der Waals surface area (Å²) in [5, 5.41) is 46.5. The van der Waals surface area contributed by atoms with Gasteiger partial charge < -0.3 is 40.5 Å². The molecule has 0 aromatic rings. The Labute approximate surface area is 130 Å². The van der Waals surface area contributed by atoms with E-state index in [0.717, 1.165) is 0 Å². The van der Waals surface area contributed by atoms with Gasteiger partial charge in [-0.05, 0) is 27.4 Å². The van der Waals surface area contributed by atoms with Gasteiger partial charge in [-0.2, -0.15) is 0 Å². The van der Waals surface area contributed by atoms with Crippen molar-refractivity contribution in [1.29, 1.82) is 0 Å². The molecule has 22 heavy (non-hydrogen) atoms. The average molecular weight is 320 g/mol. The minimum absolute atomic E-state index is 0.155. The predicted octanol–water partition coefficient (Wildman–Crippen LogP) is -2.47. The number of rotatable bonds is 4. The lowest BCUT2D eigenvalue weighted by Gasteiger charge is -2.47. The highest BCUT2D eigenvalue weighted by Gasteiger charge is 2.50. The van der Waals surface area contributed by atoms with E-state index < -0.39 is 48.9 Å². The fourth-order valence-corrected chi connectivity index (χ4v) is 3.42. The zero-order valence-corrected chi connectivity index (χ0v) is 13.2. The summed E-state index contributed by atoms with van der Waals surface area (Å²) in [5.41, 5.74) is 0. The molecule has 0 unspecified atom stereocenters. The Morgan fingerprint density at radius 3 is 1.91 bits per heavy atom. The van der Waals surface area contributed by atoms with Crippen LogP contribution in [-0.4, -0.2) is 89.5 Å². The zero-order chi connectivity index (χ0) is 16.4. The fourth-order valence-electron chi connectivity index (χ4n) is 3.42. The van der Waals surface area contributed by atoms with Gasteiger partial charge in [0.25, 0.3) is 0 Å². The Bertz CT molecular complexity index is 332. The van der Waals surface area contributed by atoms with Crippen LogP contribution in [0.4, 0.5) is 0 Å². The van der Waals surface area contributed by atoms with Crippen molar-refractivity contribution in [2.24, 2.45) is 0 Å². The van der Waals surface area contributed by atoms with Crippen molar-refractivity contribution in [3.63, 3.8) is 0 Å². The molecule has 8 nitrogen and oxygen atoms in total. The first-order valence-electron chi connectivity index (χ1n) is 7.76. The molecule has 2 fully saturated rings. The monoisotopic (exact) mass is 320 g/mol. The Hall–Kier alpha value is -0.320. The van der Waals surface area contributed by atoms with Crippen LogP contribution >= 0.6 is 0 Å². The van der Waals surface area contributed by atoms with Crippen molar-refractivity contribution in [3.8, 4) is 0 Å². The van der Waals surface area contributed by atoms with Crippen molar-refractivity contribution in [2.45, 2.75) is 74.8 Å². The van der Waals surface area contributed by atoms with Crippen molar-refractivity contribution < 1.29 is 29.9 Å². The quantitative estimate of drug-likeness (QED) is 0.337. The number of aliphatic hydroxyl groups is 4. The lowest BCUT2D eigenvalue weighted by Crippen LogP contribution is -2.71. The van der Waals surface area contributed by atoms with Crippen molar-refractivity contribution in [2.75, 3.05) is 14.1 Å². The highest BCUT2D eigenvalue weighted by molar-refractivity contribution is 5.05.